The summed E-state index contributed by atoms with van der Waals surface area (Å²) < 4.78 is 0. The molecule has 3 aromatic rings. The molecule has 1 heterocycles. The maximum absolute atomic E-state index is 12.2. The van der Waals surface area contributed by atoms with Crippen LogP contribution in [0.2, 0.25) is 0 Å². The fraction of sp³-hybridized carbons (Fsp3) is 0.208. The summed E-state index contributed by atoms with van der Waals surface area (Å²) >= 11 is 0. The van der Waals surface area contributed by atoms with Gasteiger partial charge in [0.25, 0.3) is 0 Å². The number of rotatable bonds is 5. The van der Waals surface area contributed by atoms with Gasteiger partial charge < -0.3 is 16.6 Å². The van der Waals surface area contributed by atoms with Gasteiger partial charge in [0, 0.05) is 29.3 Å². The largest absolute Gasteiger partial charge is 0.373 e. The summed E-state index contributed by atoms with van der Waals surface area (Å²) in [4.78, 5) is 27.1. The van der Waals surface area contributed by atoms with Crippen molar-refractivity contribution < 1.29 is 14.7 Å². The topological polar surface area (TPSA) is 119 Å². The van der Waals surface area contributed by atoms with E-state index in [2.05, 4.69) is 4.98 Å². The van der Waals surface area contributed by atoms with Crippen LogP contribution in [0.5, 0.6) is 0 Å². The number of carbonyl (C=O) groups excluding carboxylic acids is 2. The van der Waals surface area contributed by atoms with Crippen molar-refractivity contribution >= 4 is 11.7 Å². The van der Waals surface area contributed by atoms with Gasteiger partial charge in [0.05, 0.1) is 11.7 Å². The molecule has 1 aliphatic carbocycles. The van der Waals surface area contributed by atoms with E-state index in [0.717, 1.165) is 11.1 Å². The van der Waals surface area contributed by atoms with Crippen molar-refractivity contribution in [3.05, 3.63) is 89.6 Å². The molecule has 0 fully saturated rings. The number of hydrogen-bond donors (Lipinski definition) is 3. The molecule has 5 N–H and O–H groups in total. The molecule has 0 spiro atoms. The molecule has 1 aliphatic rings. The Hall–Kier alpha value is -3.35. The van der Waals surface area contributed by atoms with Crippen LogP contribution in [0.25, 0.3) is 11.3 Å². The number of aromatic nitrogens is 1. The van der Waals surface area contributed by atoms with Crippen LogP contribution >= 0.6 is 0 Å². The highest BCUT2D eigenvalue weighted by atomic mass is 16.3. The number of ketones is 1. The lowest BCUT2D eigenvalue weighted by Crippen LogP contribution is -2.38. The van der Waals surface area contributed by atoms with Crippen molar-refractivity contribution in [2.45, 2.75) is 31.4 Å². The molecule has 1 amide bonds. The second-order valence-electron chi connectivity index (χ2n) is 7.13. The van der Waals surface area contributed by atoms with Crippen LogP contribution in [0.3, 0.4) is 0 Å². The summed E-state index contributed by atoms with van der Waals surface area (Å²) in [5.41, 5.74) is 12.8. The maximum atomic E-state index is 12.2. The molecular formula is C24H25N3O3. The van der Waals surface area contributed by atoms with Crippen molar-refractivity contribution in [1.82, 2.24) is 4.98 Å². The maximum Gasteiger partial charge on any atom is 0.234 e. The third kappa shape index (κ3) is 4.01. The van der Waals surface area contributed by atoms with Crippen molar-refractivity contribution in [1.29, 1.82) is 0 Å². The van der Waals surface area contributed by atoms with Crippen LogP contribution in [0.1, 0.15) is 30.0 Å². The molecule has 6 heteroatoms. The zero-order chi connectivity index (χ0) is 21.7. The number of carbonyl (C=O) groups is 2. The lowest BCUT2D eigenvalue weighted by molar-refractivity contribution is -0.133. The first-order valence-electron chi connectivity index (χ1n) is 9.79. The van der Waals surface area contributed by atoms with Crippen molar-refractivity contribution in [2.24, 2.45) is 11.5 Å². The van der Waals surface area contributed by atoms with Gasteiger partial charge in [0.1, 0.15) is 0 Å². The van der Waals surface area contributed by atoms with Crippen LogP contribution in [-0.2, 0) is 21.6 Å². The van der Waals surface area contributed by atoms with E-state index in [9.17, 15) is 14.7 Å². The second-order valence-corrected chi connectivity index (χ2v) is 7.13. The number of aliphatic hydroxyl groups is 1. The van der Waals surface area contributed by atoms with E-state index < -0.39 is 17.6 Å². The summed E-state index contributed by atoms with van der Waals surface area (Å²) in [5.74, 6) is -0.652. The van der Waals surface area contributed by atoms with Gasteiger partial charge in [-0.15, -0.1) is 0 Å². The molecule has 154 valence electrons. The second kappa shape index (κ2) is 8.98. The minimum atomic E-state index is -1.53. The number of benzene rings is 2. The predicted octanol–water partition coefficient (Wildman–Crippen LogP) is 2.32. The van der Waals surface area contributed by atoms with Gasteiger partial charge in [-0.25, -0.2) is 0 Å². The van der Waals surface area contributed by atoms with E-state index in [1.165, 1.54) is 0 Å². The SMILES string of the molecule is CCC(=O)C1(O)c2ccccc2-c2ncccc21.NC(=O)C(N)Cc1ccccc1. The number of Topliss-reactive ketones (excluding diaryl/α,β-unsaturated/α-hetero) is 1. The normalized spacial score (nSPS) is 17.2. The van der Waals surface area contributed by atoms with Crippen molar-refractivity contribution in [2.75, 3.05) is 0 Å². The summed E-state index contributed by atoms with van der Waals surface area (Å²) in [5, 5.41) is 10.9. The number of amides is 1. The molecule has 2 atom stereocenters. The number of fused-ring (bicyclic) bond motifs is 3. The molecule has 0 radical (unpaired) electrons. The molecule has 1 aromatic heterocycles. The third-order valence-corrected chi connectivity index (χ3v) is 5.16. The van der Waals surface area contributed by atoms with Crippen LogP contribution < -0.4 is 11.5 Å². The zero-order valence-electron chi connectivity index (χ0n) is 16.8. The Kier molecular flexibility index (Phi) is 6.40. The van der Waals surface area contributed by atoms with E-state index in [1.807, 2.05) is 48.5 Å². The Morgan fingerprint density at radius 1 is 1.00 bits per heavy atom. The van der Waals surface area contributed by atoms with Crippen molar-refractivity contribution in [3.8, 4) is 11.3 Å². The van der Waals surface area contributed by atoms with Gasteiger partial charge in [-0.1, -0.05) is 67.6 Å². The Labute approximate surface area is 175 Å². The smallest absolute Gasteiger partial charge is 0.234 e. The Morgan fingerprint density at radius 2 is 1.63 bits per heavy atom. The highest BCUT2D eigenvalue weighted by molar-refractivity contribution is 5.98. The average molecular weight is 403 g/mol. The molecular weight excluding hydrogens is 378 g/mol. The molecule has 0 saturated heterocycles. The molecule has 6 nitrogen and oxygen atoms in total. The van der Waals surface area contributed by atoms with Crippen LogP contribution in [0, 0.1) is 0 Å². The van der Waals surface area contributed by atoms with E-state index in [-0.39, 0.29) is 5.78 Å². The van der Waals surface area contributed by atoms with E-state index in [1.54, 1.807) is 31.3 Å². The first kappa shape index (κ1) is 21.4. The predicted molar refractivity (Wildman–Crippen MR) is 115 cm³/mol. The summed E-state index contributed by atoms with van der Waals surface area (Å²) in [7, 11) is 0. The first-order chi connectivity index (χ1) is 14.4. The highest BCUT2D eigenvalue weighted by Crippen LogP contribution is 2.46. The van der Waals surface area contributed by atoms with Gasteiger partial charge >= 0.3 is 0 Å². The molecule has 2 unspecified atom stereocenters. The highest BCUT2D eigenvalue weighted by Gasteiger charge is 2.47. The van der Waals surface area contributed by atoms with Gasteiger partial charge in [-0.2, -0.15) is 0 Å². The van der Waals surface area contributed by atoms with E-state index in [0.29, 0.717) is 29.7 Å². The number of hydrogen-bond acceptors (Lipinski definition) is 5. The molecule has 0 bridgehead atoms. The van der Waals surface area contributed by atoms with E-state index >= 15 is 0 Å². The van der Waals surface area contributed by atoms with Gasteiger partial charge in [-0.3, -0.25) is 14.6 Å². The third-order valence-electron chi connectivity index (χ3n) is 5.16. The van der Waals surface area contributed by atoms with Crippen LogP contribution in [0.4, 0.5) is 0 Å². The summed E-state index contributed by atoms with van der Waals surface area (Å²) in [6.07, 6.45) is 2.48. The Bertz CT molecular complexity index is 1000. The number of pyridine rings is 1. The number of nitrogens with zero attached hydrogens (tertiary/aromatic N) is 1. The van der Waals surface area contributed by atoms with E-state index in [4.69, 9.17) is 11.5 Å². The summed E-state index contributed by atoms with van der Waals surface area (Å²) in [6, 6.07) is 19.9. The lowest BCUT2D eigenvalue weighted by atomic mass is 9.86. The molecule has 0 saturated carbocycles. The summed E-state index contributed by atoms with van der Waals surface area (Å²) in [6.45, 7) is 1.76. The van der Waals surface area contributed by atoms with Crippen LogP contribution in [0.15, 0.2) is 72.9 Å². The quantitative estimate of drug-likeness (QED) is 0.604. The Balaban J connectivity index is 0.000000187. The monoisotopic (exact) mass is 403 g/mol. The zero-order valence-corrected chi connectivity index (χ0v) is 16.8. The minimum absolute atomic E-state index is 0.193. The Morgan fingerprint density at radius 3 is 2.30 bits per heavy atom. The molecule has 0 aliphatic heterocycles. The standard InChI is InChI=1S/C15H13NO2.C9H12N2O/c1-2-13(17)15(18)11-7-4-3-6-10(11)14-12(15)8-5-9-16-14;10-8(9(11)12)6-7-4-2-1-3-5-7/h3-9,18H,2H2,1H3;1-5,8H,6,10H2,(H2,11,12). The van der Waals surface area contributed by atoms with Gasteiger partial charge in [0.15, 0.2) is 11.4 Å². The number of nitrogens with two attached hydrogens (primary N) is 2. The molecule has 2 aromatic carbocycles. The van der Waals surface area contributed by atoms with Gasteiger partial charge in [0.2, 0.25) is 5.91 Å². The van der Waals surface area contributed by atoms with Crippen molar-refractivity contribution in [3.63, 3.8) is 0 Å². The molecule has 4 rings (SSSR count). The minimum Gasteiger partial charge on any atom is -0.373 e. The lowest BCUT2D eigenvalue weighted by Gasteiger charge is -2.23. The van der Waals surface area contributed by atoms with Gasteiger partial charge in [-0.05, 0) is 18.1 Å². The average Bonchev–Trinajstić information content (AvgIpc) is 3.04. The number of primary amides is 1. The van der Waals surface area contributed by atoms with Crippen LogP contribution in [-0.4, -0.2) is 27.8 Å². The first-order valence-corrected chi connectivity index (χ1v) is 9.79. The fourth-order valence-electron chi connectivity index (χ4n) is 3.59. The fourth-order valence-corrected chi connectivity index (χ4v) is 3.59. The molecule has 30 heavy (non-hydrogen) atoms.